The molecule has 1 fully saturated rings. The third-order valence-electron chi connectivity index (χ3n) is 3.42. The molecule has 1 unspecified atom stereocenters. The Kier molecular flexibility index (Phi) is 4.95. The predicted octanol–water partition coefficient (Wildman–Crippen LogP) is 3.45. The van der Waals surface area contributed by atoms with Crippen LogP contribution in [0, 0.1) is 0 Å². The lowest BCUT2D eigenvalue weighted by molar-refractivity contribution is 0.0532. The van der Waals surface area contributed by atoms with Gasteiger partial charge in [-0.1, -0.05) is 17.7 Å². The first-order valence-corrected chi connectivity index (χ1v) is 7.63. The fourth-order valence-electron chi connectivity index (χ4n) is 2.32. The third kappa shape index (κ3) is 4.37. The molecule has 0 amide bonds. The van der Waals surface area contributed by atoms with Gasteiger partial charge in [0.2, 0.25) is 0 Å². The highest BCUT2D eigenvalue weighted by Crippen LogP contribution is 2.28. The Morgan fingerprint density at radius 2 is 2.15 bits per heavy atom. The molecule has 1 aromatic carbocycles. The third-order valence-corrected chi connectivity index (χ3v) is 3.72. The molecule has 1 atom stereocenters. The Labute approximate surface area is 127 Å². The minimum atomic E-state index is 0.116. The average Bonchev–Trinajstić information content (AvgIpc) is 2.35. The molecule has 2 rings (SSSR count). The number of morpholine rings is 1. The summed E-state index contributed by atoms with van der Waals surface area (Å²) >= 11 is 6.45. The van der Waals surface area contributed by atoms with E-state index in [1.807, 2.05) is 0 Å². The zero-order valence-electron chi connectivity index (χ0n) is 12.9. The number of nitrogens with zero attached hydrogens (tertiary/aromatic N) is 1. The van der Waals surface area contributed by atoms with Crippen LogP contribution in [0.25, 0.3) is 0 Å². The van der Waals surface area contributed by atoms with Crippen molar-refractivity contribution in [3.8, 4) is 0 Å². The highest BCUT2D eigenvalue weighted by atomic mass is 35.5. The molecule has 0 bridgehead atoms. The van der Waals surface area contributed by atoms with E-state index in [0.29, 0.717) is 0 Å². The number of anilines is 1. The Morgan fingerprint density at radius 3 is 2.75 bits per heavy atom. The molecular formula is C16H25ClN2O. The zero-order chi connectivity index (χ0) is 14.8. The van der Waals surface area contributed by atoms with Crippen LogP contribution >= 0.6 is 11.6 Å². The maximum Gasteiger partial charge on any atom is 0.0722 e. The van der Waals surface area contributed by atoms with E-state index in [1.54, 1.807) is 0 Å². The molecule has 112 valence electrons. The highest BCUT2D eigenvalue weighted by Gasteiger charge is 2.19. The van der Waals surface area contributed by atoms with Crippen LogP contribution in [0.2, 0.25) is 5.02 Å². The molecule has 0 aliphatic carbocycles. The van der Waals surface area contributed by atoms with Gasteiger partial charge in [-0.15, -0.1) is 0 Å². The van der Waals surface area contributed by atoms with E-state index in [0.717, 1.165) is 37.0 Å². The van der Waals surface area contributed by atoms with Crippen molar-refractivity contribution in [1.82, 2.24) is 5.32 Å². The van der Waals surface area contributed by atoms with Crippen molar-refractivity contribution in [1.29, 1.82) is 0 Å². The molecule has 0 aromatic heterocycles. The number of hydrogen-bond acceptors (Lipinski definition) is 3. The quantitative estimate of drug-likeness (QED) is 0.924. The van der Waals surface area contributed by atoms with Crippen molar-refractivity contribution in [2.24, 2.45) is 0 Å². The van der Waals surface area contributed by atoms with Crippen molar-refractivity contribution >= 4 is 17.3 Å². The summed E-state index contributed by atoms with van der Waals surface area (Å²) in [6.07, 6.45) is 0.266. The van der Waals surface area contributed by atoms with Crippen LogP contribution < -0.4 is 10.2 Å². The van der Waals surface area contributed by atoms with Gasteiger partial charge < -0.3 is 15.0 Å². The fraction of sp³-hybridized carbons (Fsp3) is 0.625. The Morgan fingerprint density at radius 1 is 1.40 bits per heavy atom. The summed E-state index contributed by atoms with van der Waals surface area (Å²) in [7, 11) is 0. The largest absolute Gasteiger partial charge is 0.375 e. The van der Waals surface area contributed by atoms with Crippen LogP contribution in [-0.4, -0.2) is 31.3 Å². The second-order valence-corrected chi connectivity index (χ2v) is 6.92. The molecular weight excluding hydrogens is 272 g/mol. The minimum Gasteiger partial charge on any atom is -0.375 e. The Hall–Kier alpha value is -0.770. The molecule has 20 heavy (non-hydrogen) atoms. The first-order chi connectivity index (χ1) is 9.35. The topological polar surface area (TPSA) is 24.5 Å². The van der Waals surface area contributed by atoms with Crippen LogP contribution in [0.4, 0.5) is 5.69 Å². The number of rotatable bonds is 3. The standard InChI is InChI=1S/C16H25ClN2O/c1-12-11-19(7-8-20-12)15-6-5-13(9-14(15)17)10-18-16(2,3)4/h5-6,9,12,18H,7-8,10-11H2,1-4H3. The fourth-order valence-corrected chi connectivity index (χ4v) is 2.64. The van der Waals surface area contributed by atoms with E-state index in [4.69, 9.17) is 16.3 Å². The maximum atomic E-state index is 6.45. The normalized spacial score (nSPS) is 20.2. The Balaban J connectivity index is 2.05. The lowest BCUT2D eigenvalue weighted by Gasteiger charge is -2.33. The van der Waals surface area contributed by atoms with Crippen LogP contribution in [-0.2, 0) is 11.3 Å². The predicted molar refractivity (Wildman–Crippen MR) is 85.7 cm³/mol. The van der Waals surface area contributed by atoms with Crippen molar-refractivity contribution in [2.45, 2.75) is 45.9 Å². The molecule has 3 nitrogen and oxygen atoms in total. The van der Waals surface area contributed by atoms with E-state index in [9.17, 15) is 0 Å². The second-order valence-electron chi connectivity index (χ2n) is 6.52. The van der Waals surface area contributed by atoms with E-state index in [2.05, 4.69) is 56.1 Å². The van der Waals surface area contributed by atoms with Gasteiger partial charge in [0, 0.05) is 25.2 Å². The summed E-state index contributed by atoms with van der Waals surface area (Å²) in [5.74, 6) is 0. The SMILES string of the molecule is CC1CN(c2ccc(CNC(C)(C)C)cc2Cl)CCO1. The number of halogens is 1. The van der Waals surface area contributed by atoms with Crippen molar-refractivity contribution in [3.63, 3.8) is 0 Å². The van der Waals surface area contributed by atoms with Crippen LogP contribution in [0.5, 0.6) is 0 Å². The zero-order valence-corrected chi connectivity index (χ0v) is 13.6. The van der Waals surface area contributed by atoms with Gasteiger partial charge in [-0.25, -0.2) is 0 Å². The van der Waals surface area contributed by atoms with Gasteiger partial charge in [0.1, 0.15) is 0 Å². The molecule has 4 heteroatoms. The van der Waals surface area contributed by atoms with Crippen molar-refractivity contribution < 1.29 is 4.74 Å². The smallest absolute Gasteiger partial charge is 0.0722 e. The van der Waals surface area contributed by atoms with E-state index >= 15 is 0 Å². The number of nitrogens with one attached hydrogen (secondary N) is 1. The molecule has 1 N–H and O–H groups in total. The molecule has 1 aromatic rings. The van der Waals surface area contributed by atoms with E-state index in [1.165, 1.54) is 5.56 Å². The van der Waals surface area contributed by atoms with E-state index in [-0.39, 0.29) is 11.6 Å². The molecule has 0 saturated carbocycles. The van der Waals surface area contributed by atoms with Crippen LogP contribution in [0.3, 0.4) is 0 Å². The summed E-state index contributed by atoms with van der Waals surface area (Å²) in [6.45, 7) is 12.0. The molecule has 1 aliphatic rings. The molecule has 1 aliphatic heterocycles. The summed E-state index contributed by atoms with van der Waals surface area (Å²) in [6, 6.07) is 6.34. The first kappa shape index (κ1) is 15.6. The first-order valence-electron chi connectivity index (χ1n) is 7.25. The molecule has 1 heterocycles. The minimum absolute atomic E-state index is 0.116. The van der Waals surface area contributed by atoms with Gasteiger partial charge in [0.25, 0.3) is 0 Å². The average molecular weight is 297 g/mol. The molecule has 0 spiro atoms. The van der Waals surface area contributed by atoms with Crippen molar-refractivity contribution in [2.75, 3.05) is 24.6 Å². The number of hydrogen-bond donors (Lipinski definition) is 1. The maximum absolute atomic E-state index is 6.45. The van der Waals surface area contributed by atoms with Crippen molar-refractivity contribution in [3.05, 3.63) is 28.8 Å². The van der Waals surface area contributed by atoms with Gasteiger partial charge >= 0.3 is 0 Å². The summed E-state index contributed by atoms with van der Waals surface area (Å²) < 4.78 is 5.57. The van der Waals surface area contributed by atoms with Gasteiger partial charge in [0.05, 0.1) is 23.4 Å². The summed E-state index contributed by atoms with van der Waals surface area (Å²) in [4.78, 5) is 2.30. The van der Waals surface area contributed by atoms with Gasteiger partial charge in [-0.05, 0) is 45.4 Å². The number of benzene rings is 1. The highest BCUT2D eigenvalue weighted by molar-refractivity contribution is 6.33. The van der Waals surface area contributed by atoms with E-state index < -0.39 is 0 Å². The van der Waals surface area contributed by atoms with Gasteiger partial charge in [-0.2, -0.15) is 0 Å². The lowest BCUT2D eigenvalue weighted by Crippen LogP contribution is -2.41. The number of ether oxygens (including phenoxy) is 1. The lowest BCUT2D eigenvalue weighted by atomic mass is 10.1. The molecule has 0 radical (unpaired) electrons. The second kappa shape index (κ2) is 6.33. The Bertz CT molecular complexity index is 456. The van der Waals surface area contributed by atoms with Crippen LogP contribution in [0.15, 0.2) is 18.2 Å². The summed E-state index contributed by atoms with van der Waals surface area (Å²) in [5.41, 5.74) is 2.45. The van der Waals surface area contributed by atoms with Gasteiger partial charge in [0.15, 0.2) is 0 Å². The monoisotopic (exact) mass is 296 g/mol. The van der Waals surface area contributed by atoms with Crippen LogP contribution in [0.1, 0.15) is 33.3 Å². The summed E-state index contributed by atoms with van der Waals surface area (Å²) in [5, 5.41) is 4.31. The van der Waals surface area contributed by atoms with Gasteiger partial charge in [-0.3, -0.25) is 0 Å². The molecule has 1 saturated heterocycles.